The highest BCUT2D eigenvalue weighted by Crippen LogP contribution is 2.20. The van der Waals surface area contributed by atoms with Gasteiger partial charge in [0.05, 0.1) is 5.75 Å². The summed E-state index contributed by atoms with van der Waals surface area (Å²) in [7, 11) is -3.22. The number of sulfonamides is 1. The Morgan fingerprint density at radius 1 is 1.19 bits per heavy atom. The fourth-order valence-electron chi connectivity index (χ4n) is 2.65. The normalized spacial score (nSPS) is 17.7. The zero-order valence-corrected chi connectivity index (χ0v) is 12.9. The molecule has 1 heterocycles. The second-order valence-electron chi connectivity index (χ2n) is 5.48. The maximum atomic E-state index is 12.3. The molecular weight excluding hydrogens is 288 g/mol. The zero-order valence-electron chi connectivity index (χ0n) is 12.1. The van der Waals surface area contributed by atoms with Gasteiger partial charge >= 0.3 is 0 Å². The molecule has 5 nitrogen and oxygen atoms in total. The highest BCUT2D eigenvalue weighted by molar-refractivity contribution is 7.89. The standard InChI is InChI=1S/C15H22N2O3S/c16-15(18)14-8-10-17(11-9-14)21(19,20)12-4-7-13-5-2-1-3-6-13/h1-3,5-6,14H,4,7-12H2,(H2,16,18). The van der Waals surface area contributed by atoms with Crippen LogP contribution in [0.5, 0.6) is 0 Å². The Morgan fingerprint density at radius 2 is 1.81 bits per heavy atom. The molecule has 2 rings (SSSR count). The molecule has 1 aliphatic heterocycles. The third kappa shape index (κ3) is 4.54. The van der Waals surface area contributed by atoms with E-state index in [4.69, 9.17) is 5.73 Å². The summed E-state index contributed by atoms with van der Waals surface area (Å²) in [5.41, 5.74) is 6.41. The lowest BCUT2D eigenvalue weighted by Crippen LogP contribution is -2.42. The Hall–Kier alpha value is -1.40. The fraction of sp³-hybridized carbons (Fsp3) is 0.533. The molecule has 0 radical (unpaired) electrons. The molecule has 1 aliphatic rings. The highest BCUT2D eigenvalue weighted by atomic mass is 32.2. The Balaban J connectivity index is 1.81. The largest absolute Gasteiger partial charge is 0.369 e. The summed E-state index contributed by atoms with van der Waals surface area (Å²) < 4.78 is 26.0. The number of amides is 1. The molecular formula is C15H22N2O3S. The lowest BCUT2D eigenvalue weighted by atomic mass is 9.98. The first-order valence-electron chi connectivity index (χ1n) is 7.30. The molecule has 0 aromatic heterocycles. The van der Waals surface area contributed by atoms with Crippen molar-refractivity contribution in [2.45, 2.75) is 25.7 Å². The molecule has 21 heavy (non-hydrogen) atoms. The van der Waals surface area contributed by atoms with Gasteiger partial charge in [0.1, 0.15) is 0 Å². The van der Waals surface area contributed by atoms with Gasteiger partial charge in [-0.25, -0.2) is 12.7 Å². The smallest absolute Gasteiger partial charge is 0.220 e. The van der Waals surface area contributed by atoms with Crippen LogP contribution in [0.25, 0.3) is 0 Å². The van der Waals surface area contributed by atoms with Gasteiger partial charge in [-0.3, -0.25) is 4.79 Å². The summed E-state index contributed by atoms with van der Waals surface area (Å²) in [5.74, 6) is -0.347. The van der Waals surface area contributed by atoms with Crippen molar-refractivity contribution in [2.75, 3.05) is 18.8 Å². The SMILES string of the molecule is NC(=O)C1CCN(S(=O)(=O)CCCc2ccccc2)CC1. The molecule has 1 aromatic rings. The lowest BCUT2D eigenvalue weighted by molar-refractivity contribution is -0.122. The molecule has 0 aliphatic carbocycles. The summed E-state index contributed by atoms with van der Waals surface area (Å²) in [6.45, 7) is 0.808. The average molecular weight is 310 g/mol. The van der Waals surface area contributed by atoms with Gasteiger partial charge in [-0.15, -0.1) is 0 Å². The number of carbonyl (C=O) groups excluding carboxylic acids is 1. The van der Waals surface area contributed by atoms with Gasteiger partial charge in [0.25, 0.3) is 0 Å². The second-order valence-corrected chi connectivity index (χ2v) is 7.57. The van der Waals surface area contributed by atoms with Gasteiger partial charge in [0.2, 0.25) is 15.9 Å². The molecule has 1 amide bonds. The second kappa shape index (κ2) is 7.04. The number of nitrogens with two attached hydrogens (primary N) is 1. The third-order valence-electron chi connectivity index (χ3n) is 3.96. The van der Waals surface area contributed by atoms with E-state index in [1.54, 1.807) is 0 Å². The number of carbonyl (C=O) groups is 1. The van der Waals surface area contributed by atoms with E-state index >= 15 is 0 Å². The van der Waals surface area contributed by atoms with Crippen molar-refractivity contribution in [2.24, 2.45) is 11.7 Å². The molecule has 0 saturated carbocycles. The van der Waals surface area contributed by atoms with Crippen molar-refractivity contribution in [3.05, 3.63) is 35.9 Å². The lowest BCUT2D eigenvalue weighted by Gasteiger charge is -2.29. The van der Waals surface area contributed by atoms with Crippen molar-refractivity contribution in [3.63, 3.8) is 0 Å². The molecule has 1 fully saturated rings. The van der Waals surface area contributed by atoms with Gasteiger partial charge in [0, 0.05) is 19.0 Å². The number of primary amides is 1. The topological polar surface area (TPSA) is 80.5 Å². The van der Waals surface area contributed by atoms with Crippen LogP contribution in [0.1, 0.15) is 24.8 Å². The summed E-state index contributed by atoms with van der Waals surface area (Å²) in [6, 6.07) is 9.87. The maximum absolute atomic E-state index is 12.3. The first-order valence-corrected chi connectivity index (χ1v) is 8.91. The van der Waals surface area contributed by atoms with Gasteiger partial charge in [-0.2, -0.15) is 0 Å². The van der Waals surface area contributed by atoms with Gasteiger partial charge in [-0.1, -0.05) is 30.3 Å². The Bertz CT molecular complexity index is 564. The Labute approximate surface area is 126 Å². The van der Waals surface area contributed by atoms with Gasteiger partial charge in [0.15, 0.2) is 0 Å². The van der Waals surface area contributed by atoms with Crippen LogP contribution in [-0.2, 0) is 21.2 Å². The molecule has 1 aromatic carbocycles. The van der Waals surface area contributed by atoms with Crippen LogP contribution < -0.4 is 5.73 Å². The quantitative estimate of drug-likeness (QED) is 0.855. The van der Waals surface area contributed by atoms with Crippen molar-refractivity contribution in [1.82, 2.24) is 4.31 Å². The molecule has 116 valence electrons. The number of rotatable bonds is 6. The van der Waals surface area contributed by atoms with E-state index in [1.165, 1.54) is 4.31 Å². The monoisotopic (exact) mass is 310 g/mol. The van der Waals surface area contributed by atoms with E-state index in [0.717, 1.165) is 12.0 Å². The molecule has 6 heteroatoms. The van der Waals surface area contributed by atoms with Gasteiger partial charge < -0.3 is 5.73 Å². The van der Waals surface area contributed by atoms with Crippen LogP contribution in [0.4, 0.5) is 0 Å². The number of piperidine rings is 1. The van der Waals surface area contributed by atoms with Gasteiger partial charge in [-0.05, 0) is 31.2 Å². The third-order valence-corrected chi connectivity index (χ3v) is 5.92. The van der Waals surface area contributed by atoms with E-state index in [9.17, 15) is 13.2 Å². The predicted octanol–water partition coefficient (Wildman–Crippen LogP) is 1.15. The average Bonchev–Trinajstić information content (AvgIpc) is 2.48. The molecule has 1 saturated heterocycles. The molecule has 0 bridgehead atoms. The first-order chi connectivity index (χ1) is 9.99. The molecule has 0 unspecified atom stereocenters. The van der Waals surface area contributed by atoms with Crippen molar-refractivity contribution < 1.29 is 13.2 Å². The molecule has 2 N–H and O–H groups in total. The minimum atomic E-state index is -3.22. The number of nitrogens with zero attached hydrogens (tertiary/aromatic N) is 1. The maximum Gasteiger partial charge on any atom is 0.220 e. The zero-order chi connectivity index (χ0) is 15.3. The van der Waals surface area contributed by atoms with Crippen LogP contribution in [0.15, 0.2) is 30.3 Å². The predicted molar refractivity (Wildman–Crippen MR) is 82.0 cm³/mol. The van der Waals surface area contributed by atoms with Crippen molar-refractivity contribution >= 4 is 15.9 Å². The van der Waals surface area contributed by atoms with Crippen molar-refractivity contribution in [1.29, 1.82) is 0 Å². The minimum absolute atomic E-state index is 0.156. The van der Waals surface area contributed by atoms with E-state index in [1.807, 2.05) is 30.3 Å². The molecule has 0 atom stereocenters. The number of hydrogen-bond donors (Lipinski definition) is 1. The Morgan fingerprint density at radius 3 is 2.38 bits per heavy atom. The van der Waals surface area contributed by atoms with Crippen LogP contribution in [-0.4, -0.2) is 37.5 Å². The number of aryl methyl sites for hydroxylation is 1. The molecule has 0 spiro atoms. The van der Waals surface area contributed by atoms with E-state index in [-0.39, 0.29) is 17.6 Å². The minimum Gasteiger partial charge on any atom is -0.369 e. The van der Waals surface area contributed by atoms with E-state index in [2.05, 4.69) is 0 Å². The van der Waals surface area contributed by atoms with Crippen LogP contribution in [0.3, 0.4) is 0 Å². The Kier molecular flexibility index (Phi) is 5.36. The first kappa shape index (κ1) is 16.0. The van der Waals surface area contributed by atoms with Crippen LogP contribution in [0.2, 0.25) is 0 Å². The highest BCUT2D eigenvalue weighted by Gasteiger charge is 2.29. The summed E-state index contributed by atoms with van der Waals surface area (Å²) >= 11 is 0. The number of hydrogen-bond acceptors (Lipinski definition) is 3. The number of benzene rings is 1. The van der Waals surface area contributed by atoms with E-state index < -0.39 is 10.0 Å². The van der Waals surface area contributed by atoms with E-state index in [0.29, 0.717) is 32.4 Å². The summed E-state index contributed by atoms with van der Waals surface area (Å²) in [6.07, 6.45) is 2.44. The van der Waals surface area contributed by atoms with Crippen molar-refractivity contribution in [3.8, 4) is 0 Å². The summed E-state index contributed by atoms with van der Waals surface area (Å²) in [5, 5.41) is 0. The summed E-state index contributed by atoms with van der Waals surface area (Å²) in [4.78, 5) is 11.1. The van der Waals surface area contributed by atoms with Crippen LogP contribution >= 0.6 is 0 Å². The van der Waals surface area contributed by atoms with Crippen LogP contribution in [0, 0.1) is 5.92 Å². The fourth-order valence-corrected chi connectivity index (χ4v) is 4.19.